The Bertz CT molecular complexity index is 408. The van der Waals surface area contributed by atoms with Crippen molar-refractivity contribution in [1.82, 2.24) is 9.38 Å². The molecule has 12 heavy (non-hydrogen) atoms. The molecular formula is C8H8BrN3. The van der Waals surface area contributed by atoms with E-state index in [-0.39, 0.29) is 0 Å². The predicted molar refractivity (Wildman–Crippen MR) is 52.2 cm³/mol. The van der Waals surface area contributed by atoms with E-state index in [0.717, 1.165) is 16.7 Å². The van der Waals surface area contributed by atoms with Gasteiger partial charge in [-0.15, -0.1) is 0 Å². The van der Waals surface area contributed by atoms with Crippen molar-refractivity contribution in [3.8, 4) is 0 Å². The number of hydrogen-bond donors (Lipinski definition) is 1. The molecule has 0 unspecified atom stereocenters. The molecule has 0 saturated heterocycles. The summed E-state index contributed by atoms with van der Waals surface area (Å²) < 4.78 is 1.92. The van der Waals surface area contributed by atoms with Gasteiger partial charge in [-0.25, -0.2) is 4.98 Å². The number of nitrogens with two attached hydrogens (primary N) is 1. The van der Waals surface area contributed by atoms with Gasteiger partial charge >= 0.3 is 0 Å². The van der Waals surface area contributed by atoms with E-state index in [1.807, 2.05) is 28.9 Å². The van der Waals surface area contributed by atoms with Crippen LogP contribution < -0.4 is 5.73 Å². The minimum Gasteiger partial charge on any atom is -0.396 e. The zero-order valence-corrected chi connectivity index (χ0v) is 7.95. The van der Waals surface area contributed by atoms with Gasteiger partial charge in [-0.3, -0.25) is 0 Å². The average molecular weight is 226 g/mol. The van der Waals surface area contributed by atoms with Crippen LogP contribution in [0.25, 0.3) is 5.65 Å². The topological polar surface area (TPSA) is 43.3 Å². The highest BCUT2D eigenvalue weighted by Crippen LogP contribution is 2.13. The summed E-state index contributed by atoms with van der Waals surface area (Å²) in [6, 6.07) is 3.75. The van der Waals surface area contributed by atoms with Crippen LogP contribution in [0.5, 0.6) is 0 Å². The smallest absolute Gasteiger partial charge is 0.160 e. The van der Waals surface area contributed by atoms with Gasteiger partial charge < -0.3 is 10.1 Å². The molecule has 0 atom stereocenters. The number of pyridine rings is 1. The maximum atomic E-state index is 5.73. The van der Waals surface area contributed by atoms with Gasteiger partial charge in [0, 0.05) is 17.7 Å². The van der Waals surface area contributed by atoms with E-state index >= 15 is 0 Å². The summed E-state index contributed by atoms with van der Waals surface area (Å²) in [5, 5.41) is 0.758. The molecule has 0 amide bonds. The van der Waals surface area contributed by atoms with Crippen LogP contribution in [0.15, 0.2) is 24.5 Å². The van der Waals surface area contributed by atoms with Gasteiger partial charge in [-0.05, 0) is 12.1 Å². The third-order valence-electron chi connectivity index (χ3n) is 1.70. The second kappa shape index (κ2) is 2.79. The first kappa shape index (κ1) is 7.61. The number of anilines is 1. The molecule has 2 heterocycles. The highest BCUT2D eigenvalue weighted by atomic mass is 79.9. The molecule has 0 spiro atoms. The van der Waals surface area contributed by atoms with Crippen LogP contribution in [0, 0.1) is 0 Å². The molecule has 0 bridgehead atoms. The Hall–Kier alpha value is -1.03. The van der Waals surface area contributed by atoms with Gasteiger partial charge in [0.2, 0.25) is 0 Å². The molecule has 3 nitrogen and oxygen atoms in total. The molecule has 0 aromatic carbocycles. The minimum absolute atomic E-state index is 0.713. The van der Waals surface area contributed by atoms with E-state index < -0.39 is 0 Å². The molecule has 2 aromatic heterocycles. The lowest BCUT2D eigenvalue weighted by atomic mass is 10.4. The van der Waals surface area contributed by atoms with Gasteiger partial charge in [-0.2, -0.15) is 0 Å². The molecular weight excluding hydrogens is 218 g/mol. The molecule has 0 saturated carbocycles. The van der Waals surface area contributed by atoms with Crippen molar-refractivity contribution in [2.45, 2.75) is 5.33 Å². The Morgan fingerprint density at radius 3 is 3.08 bits per heavy atom. The van der Waals surface area contributed by atoms with E-state index in [0.29, 0.717) is 5.69 Å². The number of nitrogen functional groups attached to an aromatic ring is 1. The summed E-state index contributed by atoms with van der Waals surface area (Å²) in [5.41, 5.74) is 8.26. The van der Waals surface area contributed by atoms with Crippen LogP contribution in [-0.2, 0) is 5.33 Å². The molecule has 0 aliphatic rings. The van der Waals surface area contributed by atoms with Crippen molar-refractivity contribution in [3.05, 3.63) is 30.2 Å². The fourth-order valence-electron chi connectivity index (χ4n) is 1.15. The van der Waals surface area contributed by atoms with Crippen molar-refractivity contribution in [3.63, 3.8) is 0 Å². The molecule has 0 aliphatic carbocycles. The summed E-state index contributed by atoms with van der Waals surface area (Å²) in [7, 11) is 0. The molecule has 2 aromatic rings. The number of hydrogen-bond acceptors (Lipinski definition) is 2. The fraction of sp³-hybridized carbons (Fsp3) is 0.125. The Kier molecular flexibility index (Phi) is 1.77. The Morgan fingerprint density at radius 1 is 1.58 bits per heavy atom. The summed E-state index contributed by atoms with van der Waals surface area (Å²) in [6.07, 6.45) is 3.89. The normalized spacial score (nSPS) is 10.8. The van der Waals surface area contributed by atoms with Gasteiger partial charge in [-0.1, -0.05) is 15.9 Å². The molecule has 0 radical (unpaired) electrons. The van der Waals surface area contributed by atoms with Crippen molar-refractivity contribution in [1.29, 1.82) is 0 Å². The van der Waals surface area contributed by atoms with Crippen LogP contribution in [0.2, 0.25) is 0 Å². The number of nitrogens with zero attached hydrogens (tertiary/aromatic N) is 2. The second-order valence-corrected chi connectivity index (χ2v) is 3.12. The Labute approximate surface area is 78.3 Å². The molecule has 0 aliphatic heterocycles. The maximum absolute atomic E-state index is 5.73. The summed E-state index contributed by atoms with van der Waals surface area (Å²) in [5.74, 6) is 0. The zero-order valence-electron chi connectivity index (χ0n) is 6.37. The first-order valence-electron chi connectivity index (χ1n) is 3.59. The third kappa shape index (κ3) is 1.08. The first-order valence-corrected chi connectivity index (χ1v) is 4.71. The lowest BCUT2D eigenvalue weighted by Gasteiger charge is -1.94. The van der Waals surface area contributed by atoms with E-state index in [1.54, 1.807) is 0 Å². The minimum atomic E-state index is 0.713. The standard InChI is InChI=1S/C8H8BrN3/c9-4-6-5-12-3-1-2-7(10)8(12)11-6/h1-3,5H,4,10H2. The number of rotatable bonds is 1. The lowest BCUT2D eigenvalue weighted by molar-refractivity contribution is 1.19. The molecule has 2 rings (SSSR count). The van der Waals surface area contributed by atoms with Crippen LogP contribution in [0.3, 0.4) is 0 Å². The molecule has 2 N–H and O–H groups in total. The lowest BCUT2D eigenvalue weighted by Crippen LogP contribution is -1.90. The molecule has 62 valence electrons. The highest BCUT2D eigenvalue weighted by Gasteiger charge is 2.01. The van der Waals surface area contributed by atoms with Crippen molar-refractivity contribution in [2.75, 3.05) is 5.73 Å². The zero-order chi connectivity index (χ0) is 8.55. The van der Waals surface area contributed by atoms with Crippen molar-refractivity contribution < 1.29 is 0 Å². The van der Waals surface area contributed by atoms with E-state index in [9.17, 15) is 0 Å². The summed E-state index contributed by atoms with van der Waals surface area (Å²) >= 11 is 3.34. The maximum Gasteiger partial charge on any atom is 0.160 e. The Morgan fingerprint density at radius 2 is 2.42 bits per heavy atom. The van der Waals surface area contributed by atoms with Gasteiger partial charge in [0.05, 0.1) is 11.4 Å². The number of imidazole rings is 1. The van der Waals surface area contributed by atoms with Gasteiger partial charge in [0.15, 0.2) is 5.65 Å². The average Bonchev–Trinajstić information content (AvgIpc) is 2.49. The monoisotopic (exact) mass is 225 g/mol. The van der Waals surface area contributed by atoms with Crippen LogP contribution >= 0.6 is 15.9 Å². The summed E-state index contributed by atoms with van der Waals surface area (Å²) in [4.78, 5) is 4.32. The van der Waals surface area contributed by atoms with Gasteiger partial charge in [0.25, 0.3) is 0 Å². The SMILES string of the molecule is Nc1cccn2cc(CBr)nc12. The summed E-state index contributed by atoms with van der Waals surface area (Å²) in [6.45, 7) is 0. The van der Waals surface area contributed by atoms with Crippen molar-refractivity contribution in [2.24, 2.45) is 0 Å². The predicted octanol–water partition coefficient (Wildman–Crippen LogP) is 1.81. The van der Waals surface area contributed by atoms with Crippen LogP contribution in [-0.4, -0.2) is 9.38 Å². The van der Waals surface area contributed by atoms with Crippen molar-refractivity contribution >= 4 is 27.3 Å². The first-order chi connectivity index (χ1) is 5.81. The third-order valence-corrected chi connectivity index (χ3v) is 2.27. The highest BCUT2D eigenvalue weighted by molar-refractivity contribution is 9.08. The van der Waals surface area contributed by atoms with Crippen LogP contribution in [0.4, 0.5) is 5.69 Å². The largest absolute Gasteiger partial charge is 0.396 e. The number of alkyl halides is 1. The number of aromatic nitrogens is 2. The number of halogens is 1. The van der Waals surface area contributed by atoms with E-state index in [1.165, 1.54) is 0 Å². The quantitative estimate of drug-likeness (QED) is 0.753. The van der Waals surface area contributed by atoms with E-state index in [4.69, 9.17) is 5.73 Å². The molecule has 0 fully saturated rings. The molecule has 4 heteroatoms. The second-order valence-electron chi connectivity index (χ2n) is 2.56. The number of fused-ring (bicyclic) bond motifs is 1. The van der Waals surface area contributed by atoms with Gasteiger partial charge in [0.1, 0.15) is 0 Å². The Balaban J connectivity index is 2.74. The fourth-order valence-corrected chi connectivity index (χ4v) is 1.42. The van der Waals surface area contributed by atoms with E-state index in [2.05, 4.69) is 20.9 Å². The van der Waals surface area contributed by atoms with Crippen LogP contribution in [0.1, 0.15) is 5.69 Å².